The summed E-state index contributed by atoms with van der Waals surface area (Å²) in [5.74, 6) is 0.00734. The average molecular weight is 300 g/mol. The Kier molecular flexibility index (Phi) is 6.10. The summed E-state index contributed by atoms with van der Waals surface area (Å²) < 4.78 is 0. The van der Waals surface area contributed by atoms with Gasteiger partial charge in [-0.3, -0.25) is 4.79 Å². The topological polar surface area (TPSA) is 64.9 Å². The minimum atomic E-state index is -0.0813. The summed E-state index contributed by atoms with van der Waals surface area (Å²) in [6, 6.07) is 7.01. The largest absolute Gasteiger partial charge is 0.351 e. The Morgan fingerprint density at radius 1 is 1.58 bits per heavy atom. The molecule has 6 heteroatoms. The van der Waals surface area contributed by atoms with Gasteiger partial charge in [-0.25, -0.2) is 0 Å². The molecule has 1 atom stereocenters. The molecule has 0 aliphatic carbocycles. The van der Waals surface area contributed by atoms with E-state index in [-0.39, 0.29) is 24.4 Å². The van der Waals surface area contributed by atoms with Crippen molar-refractivity contribution in [3.05, 3.63) is 34.3 Å². The quantitative estimate of drug-likeness (QED) is 0.897. The fraction of sp³-hybridized carbons (Fsp3) is 0.385. The Morgan fingerprint density at radius 2 is 2.37 bits per heavy atom. The van der Waals surface area contributed by atoms with Gasteiger partial charge in [0.1, 0.15) is 0 Å². The second-order valence-corrected chi connectivity index (χ2v) is 4.69. The van der Waals surface area contributed by atoms with Gasteiger partial charge in [0.2, 0.25) is 5.91 Å². The highest BCUT2D eigenvalue weighted by Gasteiger charge is 2.21. The van der Waals surface area contributed by atoms with E-state index in [1.165, 1.54) is 0 Å². The summed E-state index contributed by atoms with van der Waals surface area (Å²) in [7, 11) is 0. The normalized spacial score (nSPS) is 17.4. The van der Waals surface area contributed by atoms with Crippen LogP contribution in [0.2, 0.25) is 5.02 Å². The predicted molar refractivity (Wildman–Crippen MR) is 76.3 cm³/mol. The van der Waals surface area contributed by atoms with Gasteiger partial charge < -0.3 is 10.6 Å². The maximum atomic E-state index is 11.8. The smallest absolute Gasteiger partial charge is 0.237 e. The number of nitrogens with one attached hydrogen (secondary N) is 2. The standard InChI is InChI=1S/C13H14ClN3O.ClH/c14-11-6-9(7-15)3-4-10(11)8-17-13(18)12-2-1-5-16-12;/h3-4,6,12,16H,1-2,5,8H2,(H,17,18);1H/t12-;/m0./s1. The number of benzene rings is 1. The monoisotopic (exact) mass is 299 g/mol. The number of hydrogen-bond acceptors (Lipinski definition) is 3. The van der Waals surface area contributed by atoms with E-state index in [9.17, 15) is 4.79 Å². The maximum absolute atomic E-state index is 11.8. The molecule has 2 rings (SSSR count). The number of rotatable bonds is 3. The molecular weight excluding hydrogens is 285 g/mol. The van der Waals surface area contributed by atoms with Crippen LogP contribution in [0, 0.1) is 11.3 Å². The highest BCUT2D eigenvalue weighted by molar-refractivity contribution is 6.31. The third kappa shape index (κ3) is 4.10. The fourth-order valence-corrected chi connectivity index (χ4v) is 2.22. The van der Waals surface area contributed by atoms with E-state index in [1.54, 1.807) is 18.2 Å². The van der Waals surface area contributed by atoms with Crippen molar-refractivity contribution in [1.29, 1.82) is 5.26 Å². The molecule has 2 N–H and O–H groups in total. The van der Waals surface area contributed by atoms with Crippen molar-refractivity contribution in [2.75, 3.05) is 6.54 Å². The van der Waals surface area contributed by atoms with Crippen molar-refractivity contribution in [2.45, 2.75) is 25.4 Å². The molecule has 0 radical (unpaired) electrons. The molecule has 1 aliphatic rings. The molecule has 1 aliphatic heterocycles. The molecule has 1 fully saturated rings. The second kappa shape index (κ2) is 7.34. The number of carbonyl (C=O) groups excluding carboxylic acids is 1. The van der Waals surface area contributed by atoms with Crippen LogP contribution in [0.4, 0.5) is 0 Å². The number of nitrogens with zero attached hydrogens (tertiary/aromatic N) is 1. The minimum Gasteiger partial charge on any atom is -0.351 e. The first kappa shape index (κ1) is 15.8. The number of nitriles is 1. The lowest BCUT2D eigenvalue weighted by Crippen LogP contribution is -2.40. The van der Waals surface area contributed by atoms with Gasteiger partial charge >= 0.3 is 0 Å². The van der Waals surface area contributed by atoms with Crippen LogP contribution in [0.5, 0.6) is 0 Å². The third-order valence-corrected chi connectivity index (χ3v) is 3.36. The number of amides is 1. The molecule has 4 nitrogen and oxygen atoms in total. The van der Waals surface area contributed by atoms with Gasteiger partial charge in [-0.2, -0.15) is 5.26 Å². The van der Waals surface area contributed by atoms with Crippen LogP contribution in [-0.4, -0.2) is 18.5 Å². The van der Waals surface area contributed by atoms with E-state index in [0.717, 1.165) is 24.9 Å². The van der Waals surface area contributed by atoms with Crippen LogP contribution in [0.25, 0.3) is 0 Å². The first-order valence-electron chi connectivity index (χ1n) is 5.90. The van der Waals surface area contributed by atoms with E-state index >= 15 is 0 Å². The SMILES string of the molecule is Cl.N#Cc1ccc(CNC(=O)[C@@H]2CCCN2)c(Cl)c1. The van der Waals surface area contributed by atoms with Gasteiger partial charge in [-0.05, 0) is 37.1 Å². The lowest BCUT2D eigenvalue weighted by atomic mass is 10.1. The fourth-order valence-electron chi connectivity index (χ4n) is 1.97. The molecule has 0 spiro atoms. The van der Waals surface area contributed by atoms with E-state index in [1.807, 2.05) is 6.07 Å². The van der Waals surface area contributed by atoms with Gasteiger partial charge in [-0.1, -0.05) is 17.7 Å². The van der Waals surface area contributed by atoms with E-state index < -0.39 is 0 Å². The molecule has 0 unspecified atom stereocenters. The molecule has 1 amide bonds. The van der Waals surface area contributed by atoms with Gasteiger partial charge in [0, 0.05) is 11.6 Å². The summed E-state index contributed by atoms with van der Waals surface area (Å²) in [5, 5.41) is 15.2. The molecule has 1 saturated heterocycles. The van der Waals surface area contributed by atoms with Crippen LogP contribution in [0.1, 0.15) is 24.0 Å². The Morgan fingerprint density at radius 3 is 2.95 bits per heavy atom. The number of hydrogen-bond donors (Lipinski definition) is 2. The summed E-state index contributed by atoms with van der Waals surface area (Å²) in [5.41, 5.74) is 1.34. The lowest BCUT2D eigenvalue weighted by molar-refractivity contribution is -0.122. The van der Waals surface area contributed by atoms with Crippen LogP contribution in [0.15, 0.2) is 18.2 Å². The zero-order valence-electron chi connectivity index (χ0n) is 10.3. The van der Waals surface area contributed by atoms with Crippen LogP contribution in [0.3, 0.4) is 0 Å². The van der Waals surface area contributed by atoms with Crippen molar-refractivity contribution in [1.82, 2.24) is 10.6 Å². The summed E-state index contributed by atoms with van der Waals surface area (Å²) >= 11 is 6.03. The predicted octanol–water partition coefficient (Wildman–Crippen LogP) is 2.00. The van der Waals surface area contributed by atoms with Gasteiger partial charge in [0.25, 0.3) is 0 Å². The van der Waals surface area contributed by atoms with Crippen molar-refractivity contribution in [3.63, 3.8) is 0 Å². The van der Waals surface area contributed by atoms with Crippen LogP contribution in [-0.2, 0) is 11.3 Å². The molecule has 0 aromatic heterocycles. The molecule has 102 valence electrons. The second-order valence-electron chi connectivity index (χ2n) is 4.28. The molecule has 0 saturated carbocycles. The van der Waals surface area contributed by atoms with E-state index in [0.29, 0.717) is 17.1 Å². The third-order valence-electron chi connectivity index (χ3n) is 3.01. The first-order valence-corrected chi connectivity index (χ1v) is 6.28. The van der Waals surface area contributed by atoms with Crippen molar-refractivity contribution < 1.29 is 4.79 Å². The zero-order valence-corrected chi connectivity index (χ0v) is 11.9. The maximum Gasteiger partial charge on any atom is 0.237 e. The van der Waals surface area contributed by atoms with E-state index in [2.05, 4.69) is 10.6 Å². The van der Waals surface area contributed by atoms with Gasteiger partial charge in [0.05, 0.1) is 17.7 Å². The average Bonchev–Trinajstić information content (AvgIpc) is 2.90. The Hall–Kier alpha value is -1.28. The molecule has 1 heterocycles. The molecule has 0 bridgehead atoms. The Bertz CT molecular complexity index is 493. The highest BCUT2D eigenvalue weighted by atomic mass is 35.5. The Labute approximate surface area is 123 Å². The summed E-state index contributed by atoms with van der Waals surface area (Å²) in [6.07, 6.45) is 1.92. The van der Waals surface area contributed by atoms with Gasteiger partial charge in [0.15, 0.2) is 0 Å². The lowest BCUT2D eigenvalue weighted by Gasteiger charge is -2.11. The van der Waals surface area contributed by atoms with Crippen molar-refractivity contribution in [2.24, 2.45) is 0 Å². The number of carbonyl (C=O) groups is 1. The molecular formula is C13H15Cl2N3O. The highest BCUT2D eigenvalue weighted by Crippen LogP contribution is 2.17. The molecule has 1 aromatic rings. The zero-order chi connectivity index (χ0) is 13.0. The van der Waals surface area contributed by atoms with Gasteiger partial charge in [-0.15, -0.1) is 12.4 Å². The number of halogens is 2. The summed E-state index contributed by atoms with van der Waals surface area (Å²) in [6.45, 7) is 1.29. The Balaban J connectivity index is 0.00000180. The minimum absolute atomic E-state index is 0. The van der Waals surface area contributed by atoms with Crippen molar-refractivity contribution >= 4 is 29.9 Å². The van der Waals surface area contributed by atoms with Crippen LogP contribution < -0.4 is 10.6 Å². The molecule has 1 aromatic carbocycles. The van der Waals surface area contributed by atoms with Crippen molar-refractivity contribution in [3.8, 4) is 6.07 Å². The molecule has 19 heavy (non-hydrogen) atoms. The first-order chi connectivity index (χ1) is 8.70. The van der Waals surface area contributed by atoms with Crippen LogP contribution >= 0.6 is 24.0 Å². The summed E-state index contributed by atoms with van der Waals surface area (Å²) in [4.78, 5) is 11.8. The van der Waals surface area contributed by atoms with E-state index in [4.69, 9.17) is 16.9 Å².